The first kappa shape index (κ1) is 23.4. The summed E-state index contributed by atoms with van der Waals surface area (Å²) < 4.78 is 6.63. The first-order valence-electron chi connectivity index (χ1n) is 13.8. The van der Waals surface area contributed by atoms with Crippen molar-refractivity contribution in [1.29, 1.82) is 0 Å². The van der Waals surface area contributed by atoms with Crippen molar-refractivity contribution in [3.63, 3.8) is 0 Å². The van der Waals surface area contributed by atoms with E-state index < -0.39 is 0 Å². The lowest BCUT2D eigenvalue weighted by molar-refractivity contribution is 0.668. The van der Waals surface area contributed by atoms with Crippen molar-refractivity contribution in [2.24, 2.45) is 9.98 Å². The molecule has 0 bridgehead atoms. The molecule has 41 heavy (non-hydrogen) atoms. The predicted octanol–water partition coefficient (Wildman–Crippen LogP) is 8.90. The van der Waals surface area contributed by atoms with Crippen LogP contribution in [0.1, 0.15) is 22.9 Å². The Kier molecular flexibility index (Phi) is 5.49. The molecule has 1 unspecified atom stereocenters. The summed E-state index contributed by atoms with van der Waals surface area (Å²) in [6.07, 6.45) is -0.265. The topological polar surface area (TPSA) is 49.9 Å². The Morgan fingerprint density at radius 2 is 1.22 bits per heavy atom. The van der Waals surface area contributed by atoms with Gasteiger partial charge in [0.25, 0.3) is 0 Å². The van der Waals surface area contributed by atoms with Crippen LogP contribution in [0.3, 0.4) is 0 Å². The molecule has 1 N–H and O–H groups in total. The molecular formula is C37H25N3O. The molecule has 1 aliphatic heterocycles. The molecule has 0 aliphatic carbocycles. The van der Waals surface area contributed by atoms with Crippen LogP contribution >= 0.6 is 0 Å². The van der Waals surface area contributed by atoms with Crippen molar-refractivity contribution in [3.05, 3.63) is 156 Å². The van der Waals surface area contributed by atoms with E-state index in [1.165, 1.54) is 10.8 Å². The summed E-state index contributed by atoms with van der Waals surface area (Å²) in [5.41, 5.74) is 6.99. The van der Waals surface area contributed by atoms with Crippen LogP contribution in [0, 0.1) is 0 Å². The van der Waals surface area contributed by atoms with Crippen LogP contribution in [-0.4, -0.2) is 11.7 Å². The lowest BCUT2D eigenvalue weighted by Crippen LogP contribution is -2.33. The van der Waals surface area contributed by atoms with Gasteiger partial charge in [0.2, 0.25) is 0 Å². The molecule has 8 rings (SSSR count). The molecule has 4 nitrogen and oxygen atoms in total. The highest BCUT2D eigenvalue weighted by atomic mass is 16.3. The standard InChI is InChI=1S/C37H25N3O/c1-3-13-25(14-4-1)35-38-36(26-15-5-2-6-16-26)40-37(39-35)31-22-11-23-32-33(31)30-21-10-20-29(34(30)41-32)28-19-9-17-24-12-7-8-18-27(24)28/h1-23,35H,(H,38,39,40). The number of para-hydroxylation sites is 1. The Morgan fingerprint density at radius 1 is 0.561 bits per heavy atom. The Hall–Kier alpha value is -5.48. The molecule has 4 heteroatoms. The summed E-state index contributed by atoms with van der Waals surface area (Å²) in [5, 5.41) is 8.14. The third-order valence-electron chi connectivity index (χ3n) is 7.75. The monoisotopic (exact) mass is 527 g/mol. The largest absolute Gasteiger partial charge is 0.455 e. The summed E-state index contributed by atoms with van der Waals surface area (Å²) >= 11 is 0. The summed E-state index contributed by atoms with van der Waals surface area (Å²) in [7, 11) is 0. The third-order valence-corrected chi connectivity index (χ3v) is 7.75. The van der Waals surface area contributed by atoms with Gasteiger partial charge in [-0.05, 0) is 28.0 Å². The summed E-state index contributed by atoms with van der Waals surface area (Å²) in [6, 6.07) is 48.0. The van der Waals surface area contributed by atoms with E-state index >= 15 is 0 Å². The number of furan rings is 1. The minimum absolute atomic E-state index is 0.265. The van der Waals surface area contributed by atoms with E-state index in [1.54, 1.807) is 0 Å². The maximum atomic E-state index is 6.63. The van der Waals surface area contributed by atoms with Gasteiger partial charge >= 0.3 is 0 Å². The van der Waals surface area contributed by atoms with Crippen molar-refractivity contribution in [2.45, 2.75) is 6.17 Å². The molecule has 0 radical (unpaired) electrons. The van der Waals surface area contributed by atoms with Crippen molar-refractivity contribution in [2.75, 3.05) is 0 Å². The van der Waals surface area contributed by atoms with E-state index in [0.29, 0.717) is 5.84 Å². The van der Waals surface area contributed by atoms with E-state index in [2.05, 4.69) is 96.3 Å². The number of fused-ring (bicyclic) bond motifs is 4. The van der Waals surface area contributed by atoms with Crippen molar-refractivity contribution in [3.8, 4) is 11.1 Å². The van der Waals surface area contributed by atoms with Crippen molar-refractivity contribution < 1.29 is 4.42 Å². The maximum Gasteiger partial charge on any atom is 0.159 e. The van der Waals surface area contributed by atoms with Gasteiger partial charge in [0.15, 0.2) is 5.84 Å². The molecule has 2 heterocycles. The molecule has 0 spiro atoms. The zero-order valence-electron chi connectivity index (χ0n) is 22.2. The fourth-order valence-corrected chi connectivity index (χ4v) is 5.83. The van der Waals surface area contributed by atoms with Gasteiger partial charge in [0, 0.05) is 27.5 Å². The Balaban J connectivity index is 1.34. The minimum atomic E-state index is -0.265. The molecule has 7 aromatic rings. The maximum absolute atomic E-state index is 6.63. The van der Waals surface area contributed by atoms with Gasteiger partial charge in [-0.3, -0.25) is 0 Å². The van der Waals surface area contributed by atoms with Gasteiger partial charge < -0.3 is 9.73 Å². The number of nitrogens with zero attached hydrogens (tertiary/aromatic N) is 2. The molecule has 1 atom stereocenters. The molecule has 0 amide bonds. The molecule has 1 aliphatic rings. The minimum Gasteiger partial charge on any atom is -0.455 e. The fourth-order valence-electron chi connectivity index (χ4n) is 5.83. The Morgan fingerprint density at radius 3 is 2.10 bits per heavy atom. The van der Waals surface area contributed by atoms with Gasteiger partial charge in [-0.2, -0.15) is 0 Å². The number of hydrogen-bond acceptors (Lipinski definition) is 4. The summed E-state index contributed by atoms with van der Waals surface area (Å²) in [4.78, 5) is 10.1. The van der Waals surface area contributed by atoms with Crippen molar-refractivity contribution >= 4 is 44.4 Å². The number of amidine groups is 2. The van der Waals surface area contributed by atoms with Crippen molar-refractivity contribution in [1.82, 2.24) is 5.32 Å². The average molecular weight is 528 g/mol. The van der Waals surface area contributed by atoms with Crippen LogP contribution in [-0.2, 0) is 0 Å². The lowest BCUT2D eigenvalue weighted by Gasteiger charge is -2.24. The molecule has 0 fully saturated rings. The molecular weight excluding hydrogens is 502 g/mol. The first-order chi connectivity index (χ1) is 20.3. The Labute approximate surface area is 237 Å². The number of benzene rings is 6. The van der Waals surface area contributed by atoms with E-state index in [9.17, 15) is 0 Å². The van der Waals surface area contributed by atoms with E-state index in [1.807, 2.05) is 48.5 Å². The number of nitrogens with one attached hydrogen (secondary N) is 1. The molecule has 0 saturated heterocycles. The van der Waals surface area contributed by atoms with Crippen LogP contribution < -0.4 is 5.32 Å². The quantitative estimate of drug-likeness (QED) is 0.248. The first-order valence-corrected chi connectivity index (χ1v) is 13.8. The van der Waals surface area contributed by atoms with Gasteiger partial charge in [0.1, 0.15) is 23.2 Å². The van der Waals surface area contributed by atoms with Crippen LogP contribution in [0.25, 0.3) is 43.8 Å². The second-order valence-corrected chi connectivity index (χ2v) is 10.2. The number of hydrogen-bond donors (Lipinski definition) is 1. The highest BCUT2D eigenvalue weighted by Crippen LogP contribution is 2.40. The Bertz CT molecular complexity index is 2120. The van der Waals surface area contributed by atoms with Gasteiger partial charge in [-0.25, -0.2) is 9.98 Å². The highest BCUT2D eigenvalue weighted by Gasteiger charge is 2.24. The number of rotatable bonds is 4. The highest BCUT2D eigenvalue weighted by molar-refractivity contribution is 6.23. The van der Waals surface area contributed by atoms with E-state index in [4.69, 9.17) is 14.4 Å². The van der Waals surface area contributed by atoms with E-state index in [0.717, 1.165) is 55.6 Å². The molecule has 0 saturated carbocycles. The smallest absolute Gasteiger partial charge is 0.159 e. The summed E-state index contributed by atoms with van der Waals surface area (Å²) in [6.45, 7) is 0. The second-order valence-electron chi connectivity index (χ2n) is 10.2. The third kappa shape index (κ3) is 4.00. The lowest BCUT2D eigenvalue weighted by atomic mass is 9.96. The van der Waals surface area contributed by atoms with Crippen LogP contribution in [0.4, 0.5) is 0 Å². The SMILES string of the molecule is c1ccc(C2=NC(c3ccccc3)NC(c3cccc4oc5c(-c6cccc7ccccc67)cccc5c34)=N2)cc1. The van der Waals surface area contributed by atoms with Gasteiger partial charge in [-0.1, -0.05) is 133 Å². The van der Waals surface area contributed by atoms with Crippen LogP contribution in [0.5, 0.6) is 0 Å². The van der Waals surface area contributed by atoms with Gasteiger partial charge in [0.05, 0.1) is 0 Å². The zero-order valence-corrected chi connectivity index (χ0v) is 22.2. The normalized spacial score (nSPS) is 15.1. The van der Waals surface area contributed by atoms with Crippen LogP contribution in [0.2, 0.25) is 0 Å². The average Bonchev–Trinajstić information content (AvgIpc) is 3.44. The number of aliphatic imine (C=N–C) groups is 2. The second kappa shape index (κ2) is 9.61. The van der Waals surface area contributed by atoms with Crippen LogP contribution in [0.15, 0.2) is 154 Å². The van der Waals surface area contributed by atoms with Gasteiger partial charge in [-0.15, -0.1) is 0 Å². The molecule has 6 aromatic carbocycles. The molecule has 194 valence electrons. The molecule has 1 aromatic heterocycles. The fraction of sp³-hybridized carbons (Fsp3) is 0.0270. The zero-order chi connectivity index (χ0) is 27.2. The van der Waals surface area contributed by atoms with E-state index in [-0.39, 0.29) is 6.17 Å². The predicted molar refractivity (Wildman–Crippen MR) is 168 cm³/mol. The summed E-state index contributed by atoms with van der Waals surface area (Å²) in [5.74, 6) is 1.48.